The van der Waals surface area contributed by atoms with Gasteiger partial charge in [-0.2, -0.15) is 13.2 Å². The number of aromatic hydroxyl groups is 1. The van der Waals surface area contributed by atoms with Gasteiger partial charge in [-0.3, -0.25) is 14.9 Å². The largest absolute Gasteiger partial charge is 0.494 e. The van der Waals surface area contributed by atoms with Gasteiger partial charge in [0.1, 0.15) is 6.04 Å². The van der Waals surface area contributed by atoms with Crippen LogP contribution in [0.4, 0.5) is 23.7 Å². The number of amides is 4. The fourth-order valence-corrected chi connectivity index (χ4v) is 3.97. The molecule has 0 saturated carbocycles. The number of alkyl halides is 3. The topological polar surface area (TPSA) is 112 Å². The second-order valence-corrected chi connectivity index (χ2v) is 8.16. The number of hydrogen-bond donors (Lipinski definition) is 4. The molecular weight excluding hydrogens is 477 g/mol. The number of nitrogens with one attached hydrogen (secondary N) is 3. The van der Waals surface area contributed by atoms with Crippen LogP contribution in [0.15, 0.2) is 42.6 Å². The molecule has 1 atom stereocenters. The molecule has 0 aliphatic carbocycles. The molecule has 4 N–H and O–H groups in total. The lowest BCUT2D eigenvalue weighted by molar-refractivity contribution is -0.138. The van der Waals surface area contributed by atoms with Crippen LogP contribution in [0, 0.1) is 0 Å². The highest BCUT2D eigenvalue weighted by Gasteiger charge is 2.33. The number of imide groups is 1. The number of benzene rings is 2. The highest BCUT2D eigenvalue weighted by molar-refractivity contribution is 6.31. The molecule has 12 heteroatoms. The van der Waals surface area contributed by atoms with Crippen LogP contribution in [0.1, 0.15) is 30.0 Å². The first-order chi connectivity index (χ1) is 16.0. The van der Waals surface area contributed by atoms with Gasteiger partial charge in [-0.25, -0.2) is 4.79 Å². The molecule has 2 aromatic carbocycles. The van der Waals surface area contributed by atoms with E-state index in [1.54, 1.807) is 24.4 Å². The van der Waals surface area contributed by atoms with Crippen molar-refractivity contribution in [2.45, 2.75) is 31.6 Å². The number of aromatic nitrogens is 1. The molecule has 1 aliphatic heterocycles. The van der Waals surface area contributed by atoms with E-state index in [9.17, 15) is 32.7 Å². The Morgan fingerprint density at radius 2 is 1.97 bits per heavy atom. The molecule has 0 spiro atoms. The van der Waals surface area contributed by atoms with Crippen molar-refractivity contribution in [3.05, 3.63) is 58.7 Å². The van der Waals surface area contributed by atoms with Crippen molar-refractivity contribution < 1.29 is 32.7 Å². The molecule has 4 rings (SSSR count). The van der Waals surface area contributed by atoms with Crippen molar-refractivity contribution >= 4 is 45.9 Å². The lowest BCUT2D eigenvalue weighted by Gasteiger charge is -2.22. The SMILES string of the molecule is O=C1CCC(n2cc3cc(CNC(=O)Nc4ccc(Cl)c(C(F)(F)F)c4)ccc3c2O)C(=O)N1. The van der Waals surface area contributed by atoms with Gasteiger partial charge in [0, 0.05) is 35.6 Å². The van der Waals surface area contributed by atoms with E-state index >= 15 is 0 Å². The molecule has 1 fully saturated rings. The van der Waals surface area contributed by atoms with E-state index < -0.39 is 34.7 Å². The molecule has 8 nitrogen and oxygen atoms in total. The summed E-state index contributed by atoms with van der Waals surface area (Å²) in [4.78, 5) is 35.7. The molecule has 1 unspecified atom stereocenters. The summed E-state index contributed by atoms with van der Waals surface area (Å²) in [6, 6.07) is 6.57. The van der Waals surface area contributed by atoms with Crippen LogP contribution in [0.3, 0.4) is 0 Å². The minimum absolute atomic E-state index is 0.0475. The molecular formula is C22H18ClF3N4O4. The average Bonchev–Trinajstić information content (AvgIpc) is 3.08. The molecule has 1 aliphatic rings. The Hall–Kier alpha value is -3.73. The highest BCUT2D eigenvalue weighted by Crippen LogP contribution is 2.36. The van der Waals surface area contributed by atoms with Gasteiger partial charge < -0.3 is 20.3 Å². The van der Waals surface area contributed by atoms with Crippen molar-refractivity contribution in [1.82, 2.24) is 15.2 Å². The monoisotopic (exact) mass is 494 g/mol. The van der Waals surface area contributed by atoms with Crippen LogP contribution in [0.5, 0.6) is 5.88 Å². The summed E-state index contributed by atoms with van der Waals surface area (Å²) in [7, 11) is 0. The van der Waals surface area contributed by atoms with Crippen molar-refractivity contribution in [2.75, 3.05) is 5.32 Å². The van der Waals surface area contributed by atoms with E-state index in [4.69, 9.17) is 11.6 Å². The van der Waals surface area contributed by atoms with Crippen molar-refractivity contribution in [1.29, 1.82) is 0 Å². The maximum absolute atomic E-state index is 13.0. The number of carbonyl (C=O) groups excluding carboxylic acids is 3. The van der Waals surface area contributed by atoms with Gasteiger partial charge in [-0.15, -0.1) is 0 Å². The summed E-state index contributed by atoms with van der Waals surface area (Å²) in [5, 5.41) is 18.3. The maximum Gasteiger partial charge on any atom is 0.417 e. The van der Waals surface area contributed by atoms with E-state index in [2.05, 4.69) is 16.0 Å². The van der Waals surface area contributed by atoms with Crippen LogP contribution >= 0.6 is 11.6 Å². The van der Waals surface area contributed by atoms with Gasteiger partial charge in [0.15, 0.2) is 5.88 Å². The third-order valence-corrected chi connectivity index (χ3v) is 5.74. The molecule has 178 valence electrons. The lowest BCUT2D eigenvalue weighted by atomic mass is 10.1. The Morgan fingerprint density at radius 3 is 2.68 bits per heavy atom. The summed E-state index contributed by atoms with van der Waals surface area (Å²) >= 11 is 5.58. The molecule has 0 bridgehead atoms. The molecule has 34 heavy (non-hydrogen) atoms. The molecule has 1 aromatic heterocycles. The summed E-state index contributed by atoms with van der Waals surface area (Å²) in [5.74, 6) is -0.983. The number of halogens is 4. The van der Waals surface area contributed by atoms with E-state index in [1.807, 2.05) is 0 Å². The van der Waals surface area contributed by atoms with Gasteiger partial charge in [0.05, 0.1) is 10.6 Å². The van der Waals surface area contributed by atoms with Crippen molar-refractivity contribution in [3.8, 4) is 5.88 Å². The quantitative estimate of drug-likeness (QED) is 0.405. The average molecular weight is 495 g/mol. The maximum atomic E-state index is 13.0. The second-order valence-electron chi connectivity index (χ2n) is 7.75. The van der Waals surface area contributed by atoms with Crippen LogP contribution < -0.4 is 16.0 Å². The number of carbonyl (C=O) groups is 3. The van der Waals surface area contributed by atoms with E-state index in [0.29, 0.717) is 16.3 Å². The molecule has 2 heterocycles. The predicted molar refractivity (Wildman–Crippen MR) is 117 cm³/mol. The number of urea groups is 1. The minimum Gasteiger partial charge on any atom is -0.494 e. The van der Waals surface area contributed by atoms with Crippen LogP contribution in [-0.4, -0.2) is 27.5 Å². The van der Waals surface area contributed by atoms with Gasteiger partial charge >= 0.3 is 12.2 Å². The summed E-state index contributed by atoms with van der Waals surface area (Å²) in [6.45, 7) is 0.0475. The fraction of sp³-hybridized carbons (Fsp3) is 0.227. The fourth-order valence-electron chi connectivity index (χ4n) is 3.75. The zero-order valence-corrected chi connectivity index (χ0v) is 18.1. The first kappa shape index (κ1) is 23.4. The van der Waals surface area contributed by atoms with Crippen LogP contribution in [0.2, 0.25) is 5.02 Å². The van der Waals surface area contributed by atoms with Gasteiger partial charge in [0.25, 0.3) is 0 Å². The van der Waals surface area contributed by atoms with Crippen molar-refractivity contribution in [2.24, 2.45) is 0 Å². The van der Waals surface area contributed by atoms with Crippen molar-refractivity contribution in [3.63, 3.8) is 0 Å². The Morgan fingerprint density at radius 1 is 1.21 bits per heavy atom. The molecule has 0 radical (unpaired) electrons. The summed E-state index contributed by atoms with van der Waals surface area (Å²) < 4.78 is 40.3. The first-order valence-corrected chi connectivity index (χ1v) is 10.5. The van der Waals surface area contributed by atoms with Crippen LogP contribution in [-0.2, 0) is 22.3 Å². The third kappa shape index (κ3) is 4.79. The Balaban J connectivity index is 1.44. The zero-order chi connectivity index (χ0) is 24.6. The number of hydrogen-bond acceptors (Lipinski definition) is 4. The summed E-state index contributed by atoms with van der Waals surface area (Å²) in [6.07, 6.45) is -2.65. The zero-order valence-electron chi connectivity index (χ0n) is 17.4. The normalized spacial score (nSPS) is 16.4. The van der Waals surface area contributed by atoms with Gasteiger partial charge in [-0.1, -0.05) is 17.7 Å². The second kappa shape index (κ2) is 8.90. The van der Waals surface area contributed by atoms with Gasteiger partial charge in [0.2, 0.25) is 11.8 Å². The smallest absolute Gasteiger partial charge is 0.417 e. The number of rotatable bonds is 4. The van der Waals surface area contributed by atoms with E-state index in [0.717, 1.165) is 12.1 Å². The Bertz CT molecular complexity index is 1310. The van der Waals surface area contributed by atoms with E-state index in [-0.39, 0.29) is 36.9 Å². The number of fused-ring (bicyclic) bond motifs is 1. The number of anilines is 1. The molecule has 1 saturated heterocycles. The molecule has 3 aromatic rings. The summed E-state index contributed by atoms with van der Waals surface area (Å²) in [5.41, 5.74) is -0.483. The van der Waals surface area contributed by atoms with Crippen LogP contribution in [0.25, 0.3) is 10.8 Å². The van der Waals surface area contributed by atoms with E-state index in [1.165, 1.54) is 10.6 Å². The third-order valence-electron chi connectivity index (χ3n) is 5.41. The standard InChI is InChI=1S/C22H18ClF3N4O4/c23-16-4-2-13(8-15(16)22(24,25)26)28-21(34)27-9-11-1-3-14-12(7-11)10-30(20(14)33)17-5-6-18(31)29-19(17)32/h1-4,7-8,10,17,33H,5-6,9H2,(H2,27,28,34)(H,29,31,32). The Labute approximate surface area is 195 Å². The number of piperidine rings is 1. The Kier molecular flexibility index (Phi) is 6.13. The van der Waals surface area contributed by atoms with Gasteiger partial charge in [-0.05, 0) is 42.3 Å². The lowest BCUT2D eigenvalue weighted by Crippen LogP contribution is -2.41. The minimum atomic E-state index is -4.66. The predicted octanol–water partition coefficient (Wildman–Crippen LogP) is 4.32. The first-order valence-electron chi connectivity index (χ1n) is 10.1. The molecule has 4 amide bonds. The highest BCUT2D eigenvalue weighted by atomic mass is 35.5. The number of nitrogens with zero attached hydrogens (tertiary/aromatic N) is 1.